The smallest absolute Gasteiger partial charge is 0.324 e. The number of amides is 2. The molecule has 0 aliphatic carbocycles. The summed E-state index contributed by atoms with van der Waals surface area (Å²) < 4.78 is 27.4. The fraction of sp³-hybridized carbons (Fsp3) is 0.417. The van der Waals surface area contributed by atoms with Gasteiger partial charge in [-0.15, -0.1) is 0 Å². The predicted octanol–water partition coefficient (Wildman–Crippen LogP) is 1.98. The van der Waals surface area contributed by atoms with E-state index in [0.717, 1.165) is 0 Å². The molecule has 0 saturated carbocycles. The average molecular weight is 394 g/mol. The number of urea groups is 1. The Bertz CT molecular complexity index is 539. The van der Waals surface area contributed by atoms with Crippen LogP contribution < -0.4 is 3.53 Å². The van der Waals surface area contributed by atoms with Gasteiger partial charge >= 0.3 is 6.03 Å². The second kappa shape index (κ2) is 6.08. The molecular formula is C12H15IN2O3S. The standard InChI is InChI=1S/C12H15IN2O3S/c13-14-12(16)15-8-6-11(7-9-15)19(17,18)10-4-2-1-3-5-10/h1-5,11H,6-9H2,(H,14,16). The van der Waals surface area contributed by atoms with Crippen molar-refractivity contribution in [1.82, 2.24) is 8.43 Å². The van der Waals surface area contributed by atoms with E-state index in [1.54, 1.807) is 58.1 Å². The zero-order valence-electron chi connectivity index (χ0n) is 10.3. The summed E-state index contributed by atoms with van der Waals surface area (Å²) in [5, 5.41) is -0.395. The molecule has 1 N–H and O–H groups in total. The molecule has 2 rings (SSSR count). The number of rotatable bonds is 2. The number of hydrogen-bond donors (Lipinski definition) is 1. The van der Waals surface area contributed by atoms with Crippen LogP contribution in [0.15, 0.2) is 35.2 Å². The molecule has 0 aromatic heterocycles. The summed E-state index contributed by atoms with van der Waals surface area (Å²) in [4.78, 5) is 13.5. The third-order valence-corrected chi connectivity index (χ3v) is 6.06. The van der Waals surface area contributed by atoms with E-state index >= 15 is 0 Å². The third-order valence-electron chi connectivity index (χ3n) is 3.32. The lowest BCUT2D eigenvalue weighted by molar-refractivity contribution is 0.194. The van der Waals surface area contributed by atoms with E-state index in [2.05, 4.69) is 3.53 Å². The molecular weight excluding hydrogens is 379 g/mol. The first-order valence-corrected chi connectivity index (χ1v) is 8.62. The van der Waals surface area contributed by atoms with Crippen LogP contribution >= 0.6 is 22.9 Å². The van der Waals surface area contributed by atoms with Crippen LogP contribution in [0.1, 0.15) is 12.8 Å². The van der Waals surface area contributed by atoms with Crippen molar-refractivity contribution in [3.63, 3.8) is 0 Å². The number of benzene rings is 1. The summed E-state index contributed by atoms with van der Waals surface area (Å²) in [5.41, 5.74) is 0. The molecule has 0 atom stereocenters. The molecule has 1 aromatic carbocycles. The molecule has 104 valence electrons. The fourth-order valence-electron chi connectivity index (χ4n) is 2.23. The van der Waals surface area contributed by atoms with Gasteiger partial charge < -0.3 is 4.90 Å². The van der Waals surface area contributed by atoms with Crippen LogP contribution in [0.25, 0.3) is 0 Å². The van der Waals surface area contributed by atoms with Crippen molar-refractivity contribution in [3.8, 4) is 0 Å². The maximum absolute atomic E-state index is 12.4. The highest BCUT2D eigenvalue weighted by Crippen LogP contribution is 2.24. The molecule has 2 amide bonds. The van der Waals surface area contributed by atoms with Crippen molar-refractivity contribution in [2.45, 2.75) is 23.0 Å². The average Bonchev–Trinajstić information content (AvgIpc) is 2.47. The highest BCUT2D eigenvalue weighted by atomic mass is 127. The van der Waals surface area contributed by atoms with Crippen LogP contribution in [0.4, 0.5) is 4.79 Å². The summed E-state index contributed by atoms with van der Waals surface area (Å²) >= 11 is 1.79. The van der Waals surface area contributed by atoms with Crippen molar-refractivity contribution in [2.75, 3.05) is 13.1 Å². The molecule has 7 heteroatoms. The number of sulfone groups is 1. The van der Waals surface area contributed by atoms with Gasteiger partial charge in [0.25, 0.3) is 0 Å². The number of hydrogen-bond acceptors (Lipinski definition) is 3. The molecule has 1 heterocycles. The minimum Gasteiger partial charge on any atom is -0.324 e. The number of piperidine rings is 1. The van der Waals surface area contributed by atoms with E-state index in [1.165, 1.54) is 0 Å². The lowest BCUT2D eigenvalue weighted by Crippen LogP contribution is -2.44. The summed E-state index contributed by atoms with van der Waals surface area (Å²) in [6, 6.07) is 8.35. The van der Waals surface area contributed by atoms with Crippen LogP contribution in [0.5, 0.6) is 0 Å². The monoisotopic (exact) mass is 394 g/mol. The lowest BCUT2D eigenvalue weighted by atomic mass is 10.1. The Labute approximate surface area is 126 Å². The molecule has 1 aliphatic heterocycles. The van der Waals surface area contributed by atoms with Crippen LogP contribution in [0.3, 0.4) is 0 Å². The Balaban J connectivity index is 2.08. The minimum atomic E-state index is -3.28. The normalized spacial score (nSPS) is 17.2. The molecule has 5 nitrogen and oxygen atoms in total. The molecule has 1 saturated heterocycles. The zero-order chi connectivity index (χ0) is 13.9. The topological polar surface area (TPSA) is 66.5 Å². The third kappa shape index (κ3) is 3.19. The quantitative estimate of drug-likeness (QED) is 0.617. The molecule has 0 bridgehead atoms. The lowest BCUT2D eigenvalue weighted by Gasteiger charge is -2.31. The number of likely N-dealkylation sites (tertiary alicyclic amines) is 1. The van der Waals surface area contributed by atoms with Crippen molar-refractivity contribution in [1.29, 1.82) is 0 Å². The summed E-state index contributed by atoms with van der Waals surface area (Å²) in [7, 11) is -3.28. The Morgan fingerprint density at radius 2 is 1.79 bits per heavy atom. The second-order valence-corrected chi connectivity index (χ2v) is 7.21. The Morgan fingerprint density at radius 3 is 2.32 bits per heavy atom. The highest BCUT2D eigenvalue weighted by Gasteiger charge is 2.32. The molecule has 1 aromatic rings. The number of nitrogens with zero attached hydrogens (tertiary/aromatic N) is 1. The van der Waals surface area contributed by atoms with Gasteiger partial charge in [-0.1, -0.05) is 18.2 Å². The number of carbonyl (C=O) groups excluding carboxylic acids is 1. The maximum atomic E-state index is 12.4. The van der Waals surface area contributed by atoms with Crippen molar-refractivity contribution < 1.29 is 13.2 Å². The number of nitrogens with one attached hydrogen (secondary N) is 1. The first kappa shape index (κ1) is 14.6. The summed E-state index contributed by atoms with van der Waals surface area (Å²) in [6.07, 6.45) is 0.975. The van der Waals surface area contributed by atoms with Crippen LogP contribution in [0.2, 0.25) is 0 Å². The van der Waals surface area contributed by atoms with Gasteiger partial charge in [0.15, 0.2) is 9.84 Å². The van der Waals surface area contributed by atoms with Gasteiger partial charge in [-0.2, -0.15) is 0 Å². The van der Waals surface area contributed by atoms with Gasteiger partial charge in [0, 0.05) is 13.1 Å². The largest absolute Gasteiger partial charge is 0.326 e. The van der Waals surface area contributed by atoms with Gasteiger partial charge in [0.05, 0.1) is 33.0 Å². The van der Waals surface area contributed by atoms with E-state index in [1.807, 2.05) is 0 Å². The Morgan fingerprint density at radius 1 is 1.21 bits per heavy atom. The van der Waals surface area contributed by atoms with Gasteiger partial charge in [-0.3, -0.25) is 3.53 Å². The SMILES string of the molecule is O=C(NI)N1CCC(S(=O)(=O)c2ccccc2)CC1. The Hall–Kier alpha value is -0.830. The van der Waals surface area contributed by atoms with Crippen LogP contribution in [-0.4, -0.2) is 37.7 Å². The number of halogens is 1. The van der Waals surface area contributed by atoms with E-state index in [0.29, 0.717) is 30.8 Å². The maximum Gasteiger partial charge on any atom is 0.326 e. The van der Waals surface area contributed by atoms with E-state index in [-0.39, 0.29) is 6.03 Å². The minimum absolute atomic E-state index is 0.156. The highest BCUT2D eigenvalue weighted by molar-refractivity contribution is 14.1. The van der Waals surface area contributed by atoms with E-state index in [4.69, 9.17) is 0 Å². The second-order valence-electron chi connectivity index (χ2n) is 4.44. The molecule has 1 aliphatic rings. The Kier molecular flexibility index (Phi) is 4.67. The van der Waals surface area contributed by atoms with Gasteiger partial charge in [-0.05, 0) is 25.0 Å². The molecule has 0 unspecified atom stereocenters. The van der Waals surface area contributed by atoms with Gasteiger partial charge in [-0.25, -0.2) is 13.2 Å². The molecule has 0 spiro atoms. The van der Waals surface area contributed by atoms with Gasteiger partial charge in [0.1, 0.15) is 0 Å². The number of carbonyl (C=O) groups is 1. The molecule has 1 fully saturated rings. The summed E-state index contributed by atoms with van der Waals surface area (Å²) in [5.74, 6) is 0. The fourth-order valence-corrected chi connectivity index (χ4v) is 4.33. The zero-order valence-corrected chi connectivity index (χ0v) is 13.2. The predicted molar refractivity (Wildman–Crippen MR) is 80.8 cm³/mol. The van der Waals surface area contributed by atoms with Gasteiger partial charge in [0.2, 0.25) is 0 Å². The van der Waals surface area contributed by atoms with Crippen molar-refractivity contribution in [2.24, 2.45) is 0 Å². The van der Waals surface area contributed by atoms with E-state index < -0.39 is 15.1 Å². The van der Waals surface area contributed by atoms with E-state index in [9.17, 15) is 13.2 Å². The van der Waals surface area contributed by atoms with Crippen LogP contribution in [0, 0.1) is 0 Å². The van der Waals surface area contributed by atoms with Crippen molar-refractivity contribution >= 4 is 38.7 Å². The molecule has 0 radical (unpaired) electrons. The summed E-state index contributed by atoms with van der Waals surface area (Å²) in [6.45, 7) is 0.955. The van der Waals surface area contributed by atoms with Crippen LogP contribution in [-0.2, 0) is 9.84 Å². The van der Waals surface area contributed by atoms with Crippen molar-refractivity contribution in [3.05, 3.63) is 30.3 Å². The molecule has 19 heavy (non-hydrogen) atoms. The first-order valence-electron chi connectivity index (χ1n) is 6.00. The first-order chi connectivity index (χ1) is 9.05.